The predicted molar refractivity (Wildman–Crippen MR) is 114 cm³/mol. The average molecular weight is 423 g/mol. The molecule has 0 aliphatic carbocycles. The molecule has 0 fully saturated rings. The number of hydrogen-bond acceptors (Lipinski definition) is 9. The highest BCUT2D eigenvalue weighted by Gasteiger charge is 2.21. The van der Waals surface area contributed by atoms with E-state index in [0.717, 1.165) is 11.4 Å². The Labute approximate surface area is 176 Å². The number of hydrogen-bond donors (Lipinski definition) is 9. The van der Waals surface area contributed by atoms with Crippen molar-refractivity contribution in [2.45, 2.75) is 12.5 Å². The number of rotatable bonds is 7. The first-order valence-corrected chi connectivity index (χ1v) is 9.38. The third kappa shape index (κ3) is 4.66. The van der Waals surface area contributed by atoms with Gasteiger partial charge in [0.2, 0.25) is 5.91 Å². The van der Waals surface area contributed by atoms with E-state index in [1.54, 1.807) is 48.7 Å². The van der Waals surface area contributed by atoms with Gasteiger partial charge in [-0.15, -0.1) is 5.53 Å². The smallest absolute Gasteiger partial charge is 0.255 e. The monoisotopic (exact) mass is 423 g/mol. The first kappa shape index (κ1) is 20.0. The molecule has 10 N–H and O–H groups in total. The van der Waals surface area contributed by atoms with E-state index in [0.29, 0.717) is 22.5 Å². The summed E-state index contributed by atoms with van der Waals surface area (Å²) in [6.07, 6.45) is 1.83. The molecule has 4 rings (SSSR count). The molecule has 0 radical (unpaired) electrons. The zero-order chi connectivity index (χ0) is 21.8. The molecule has 31 heavy (non-hydrogen) atoms. The van der Waals surface area contributed by atoms with Crippen LogP contribution in [0.15, 0.2) is 54.4 Å². The van der Waals surface area contributed by atoms with Crippen molar-refractivity contribution in [2.75, 3.05) is 16.2 Å². The van der Waals surface area contributed by atoms with E-state index in [2.05, 4.69) is 43.4 Å². The van der Waals surface area contributed by atoms with Gasteiger partial charge in [0.15, 0.2) is 0 Å². The number of nitrogens with two attached hydrogens (primary N) is 1. The van der Waals surface area contributed by atoms with Gasteiger partial charge < -0.3 is 38.1 Å². The van der Waals surface area contributed by atoms with Gasteiger partial charge in [-0.05, 0) is 42.5 Å². The van der Waals surface area contributed by atoms with Crippen molar-refractivity contribution in [2.24, 2.45) is 5.73 Å². The fraction of sp³-hybridized carbons (Fsp3) is 0.105. The molecular formula is C19H21N9O3. The second-order valence-corrected chi connectivity index (χ2v) is 6.86. The van der Waals surface area contributed by atoms with E-state index in [1.807, 2.05) is 0 Å². The van der Waals surface area contributed by atoms with Gasteiger partial charge in [-0.2, -0.15) is 5.53 Å². The second-order valence-electron chi connectivity index (χ2n) is 6.86. The Hall–Kier alpha value is -4.29. The Bertz CT molecular complexity index is 1050. The highest BCUT2D eigenvalue weighted by molar-refractivity contribution is 6.06. The Morgan fingerprint density at radius 1 is 0.871 bits per heavy atom. The highest BCUT2D eigenvalue weighted by atomic mass is 16.2. The van der Waals surface area contributed by atoms with E-state index in [9.17, 15) is 14.4 Å². The zero-order valence-corrected chi connectivity index (χ0v) is 16.2. The normalized spacial score (nSPS) is 14.6. The fourth-order valence-corrected chi connectivity index (χ4v) is 3.04. The van der Waals surface area contributed by atoms with Crippen LogP contribution in [0.5, 0.6) is 0 Å². The van der Waals surface area contributed by atoms with E-state index in [1.165, 1.54) is 0 Å². The molecule has 1 atom stereocenters. The Kier molecular flexibility index (Phi) is 5.55. The molecule has 2 aliphatic rings. The zero-order valence-electron chi connectivity index (χ0n) is 16.2. The van der Waals surface area contributed by atoms with E-state index in [-0.39, 0.29) is 12.3 Å². The number of primary amides is 1. The van der Waals surface area contributed by atoms with Crippen molar-refractivity contribution in [3.63, 3.8) is 0 Å². The summed E-state index contributed by atoms with van der Waals surface area (Å²) in [7, 11) is 0. The summed E-state index contributed by atoms with van der Waals surface area (Å²) >= 11 is 0. The second kappa shape index (κ2) is 8.61. The molecular weight excluding hydrogens is 402 g/mol. The maximum absolute atomic E-state index is 12.5. The maximum Gasteiger partial charge on any atom is 0.255 e. The van der Waals surface area contributed by atoms with Crippen LogP contribution < -0.4 is 49.1 Å². The van der Waals surface area contributed by atoms with Crippen LogP contribution in [0.4, 0.5) is 17.1 Å². The maximum atomic E-state index is 12.5. The summed E-state index contributed by atoms with van der Waals surface area (Å²) in [5, 5.41) is 5.39. The van der Waals surface area contributed by atoms with Crippen molar-refractivity contribution >= 4 is 34.8 Å². The molecule has 2 aromatic carbocycles. The summed E-state index contributed by atoms with van der Waals surface area (Å²) in [6, 6.07) is 10.6. The van der Waals surface area contributed by atoms with Gasteiger partial charge >= 0.3 is 0 Å². The van der Waals surface area contributed by atoms with Gasteiger partial charge in [-0.25, -0.2) is 0 Å². The predicted octanol–water partition coefficient (Wildman–Crippen LogP) is -0.376. The van der Waals surface area contributed by atoms with Crippen LogP contribution in [0.1, 0.15) is 27.1 Å². The van der Waals surface area contributed by atoms with Crippen molar-refractivity contribution in [3.05, 3.63) is 65.5 Å². The molecule has 1 unspecified atom stereocenters. The molecule has 0 saturated carbocycles. The number of carbonyl (C=O) groups is 3. The molecule has 0 spiro atoms. The molecule has 0 saturated heterocycles. The minimum Gasteiger partial charge on any atom is -0.368 e. The van der Waals surface area contributed by atoms with Crippen LogP contribution >= 0.6 is 0 Å². The summed E-state index contributed by atoms with van der Waals surface area (Å²) in [4.78, 5) is 36.7. The Balaban J connectivity index is 1.37. The minimum atomic E-state index is -0.885. The number of hydrazine groups is 4. The molecule has 2 heterocycles. The summed E-state index contributed by atoms with van der Waals surface area (Å²) in [6.45, 7) is 0. The van der Waals surface area contributed by atoms with Crippen LogP contribution in [0.3, 0.4) is 0 Å². The van der Waals surface area contributed by atoms with Crippen LogP contribution in [-0.2, 0) is 4.79 Å². The standard InChI is InChI=1S/C19H21N9O3/c20-17(29)16(8-13-9-21-27-24-13)23-18(30)10-1-4-12(5-2-10)22-19(31)11-3-6-14-15(7-11)26-28-25-14/h1-7,9,16,21,24-28H,8H2,(H2,20,29)(H,22,31)(H,23,30). The number of amides is 3. The van der Waals surface area contributed by atoms with Gasteiger partial charge in [0.25, 0.3) is 11.8 Å². The number of benzene rings is 2. The molecule has 3 amide bonds. The lowest BCUT2D eigenvalue weighted by atomic mass is 10.1. The van der Waals surface area contributed by atoms with Crippen molar-refractivity contribution in [1.82, 2.24) is 27.2 Å². The van der Waals surface area contributed by atoms with Crippen LogP contribution in [0.25, 0.3) is 0 Å². The largest absolute Gasteiger partial charge is 0.368 e. The fourth-order valence-electron chi connectivity index (χ4n) is 3.04. The SMILES string of the molecule is NC(=O)C(CC1=CNNN1)NC(=O)c1ccc(NC(=O)c2ccc3c(c2)NNN3)cc1. The third-order valence-electron chi connectivity index (χ3n) is 4.70. The first-order chi connectivity index (χ1) is 15.0. The topological polar surface area (TPSA) is 173 Å². The average Bonchev–Trinajstić information content (AvgIpc) is 3.44. The van der Waals surface area contributed by atoms with Crippen LogP contribution in [-0.4, -0.2) is 23.8 Å². The van der Waals surface area contributed by atoms with E-state index in [4.69, 9.17) is 5.73 Å². The number of anilines is 3. The Morgan fingerprint density at radius 2 is 1.61 bits per heavy atom. The Morgan fingerprint density at radius 3 is 2.32 bits per heavy atom. The third-order valence-corrected chi connectivity index (χ3v) is 4.70. The summed E-state index contributed by atoms with van der Waals surface area (Å²) < 4.78 is 0. The minimum absolute atomic E-state index is 0.204. The molecule has 12 heteroatoms. The number of carbonyl (C=O) groups excluding carboxylic acids is 3. The molecule has 2 aromatic rings. The molecule has 0 aromatic heterocycles. The lowest BCUT2D eigenvalue weighted by Crippen LogP contribution is -2.45. The molecule has 12 nitrogen and oxygen atoms in total. The highest BCUT2D eigenvalue weighted by Crippen LogP contribution is 2.25. The van der Waals surface area contributed by atoms with Crippen molar-refractivity contribution in [1.29, 1.82) is 0 Å². The van der Waals surface area contributed by atoms with Crippen LogP contribution in [0.2, 0.25) is 0 Å². The van der Waals surface area contributed by atoms with Crippen LogP contribution in [0, 0.1) is 0 Å². The van der Waals surface area contributed by atoms with Gasteiger partial charge in [0.05, 0.1) is 11.4 Å². The lowest BCUT2D eigenvalue weighted by Gasteiger charge is -2.16. The number of nitrogens with one attached hydrogen (secondary N) is 8. The van der Waals surface area contributed by atoms with Gasteiger partial charge in [0.1, 0.15) is 6.04 Å². The van der Waals surface area contributed by atoms with Gasteiger partial charge in [-0.1, -0.05) is 0 Å². The molecule has 2 aliphatic heterocycles. The molecule has 160 valence electrons. The first-order valence-electron chi connectivity index (χ1n) is 9.38. The van der Waals surface area contributed by atoms with Crippen molar-refractivity contribution < 1.29 is 14.4 Å². The summed E-state index contributed by atoms with van der Waals surface area (Å²) in [5.41, 5.74) is 25.7. The lowest BCUT2D eigenvalue weighted by molar-refractivity contribution is -0.119. The van der Waals surface area contributed by atoms with Crippen molar-refractivity contribution in [3.8, 4) is 0 Å². The van der Waals surface area contributed by atoms with E-state index >= 15 is 0 Å². The number of fused-ring (bicyclic) bond motifs is 1. The molecule has 0 bridgehead atoms. The quantitative estimate of drug-likeness (QED) is 0.288. The van der Waals surface area contributed by atoms with E-state index < -0.39 is 17.9 Å². The summed E-state index contributed by atoms with van der Waals surface area (Å²) in [5.74, 6) is -1.39. The van der Waals surface area contributed by atoms with Gasteiger partial charge in [0, 0.05) is 35.1 Å². The van der Waals surface area contributed by atoms with Gasteiger partial charge in [-0.3, -0.25) is 14.4 Å².